The normalized spacial score (nSPS) is 11.9. The Kier molecular flexibility index (Phi) is 13.2. The second kappa shape index (κ2) is 18.2. The van der Waals surface area contributed by atoms with Crippen LogP contribution in [-0.2, 0) is 39.0 Å². The molecule has 3 N–H and O–H groups in total. The van der Waals surface area contributed by atoms with Crippen LogP contribution in [-0.4, -0.2) is 43.5 Å². The molecular formula is C42H44N4O8S. The van der Waals surface area contributed by atoms with E-state index in [1.165, 1.54) is 12.1 Å². The lowest BCUT2D eigenvalue weighted by atomic mass is 10.0. The lowest BCUT2D eigenvalue weighted by molar-refractivity contribution is -0.384. The number of benzene rings is 5. The molecule has 0 aliphatic heterocycles. The smallest absolute Gasteiger partial charge is 0.408 e. The number of carbonyl (C=O) groups is 2. The molecule has 5 aromatic rings. The molecule has 2 amide bonds. The lowest BCUT2D eigenvalue weighted by Crippen LogP contribution is -2.50. The van der Waals surface area contributed by atoms with Gasteiger partial charge in [-0.1, -0.05) is 97.1 Å². The Morgan fingerprint density at radius 3 is 2.04 bits per heavy atom. The number of aryl methyl sites for hydroxylation is 1. The Balaban J connectivity index is 1.24. The summed E-state index contributed by atoms with van der Waals surface area (Å²) in [5.41, 5.74) is 3.67. The number of anilines is 1. The van der Waals surface area contributed by atoms with Crippen LogP contribution in [0.4, 0.5) is 16.2 Å². The van der Waals surface area contributed by atoms with E-state index in [1.807, 2.05) is 89.7 Å². The fraction of sp³-hybridized carbons (Fsp3) is 0.238. The minimum Gasteiger partial charge on any atom is -0.489 e. The molecule has 0 saturated carbocycles. The zero-order valence-electron chi connectivity index (χ0n) is 30.9. The van der Waals surface area contributed by atoms with Crippen molar-refractivity contribution in [1.82, 2.24) is 10.0 Å². The van der Waals surface area contributed by atoms with Crippen molar-refractivity contribution >= 4 is 33.4 Å². The third-order valence-electron chi connectivity index (χ3n) is 8.35. The number of nitrogens with zero attached hydrogens (tertiary/aromatic N) is 1. The minimum atomic E-state index is -4.60. The van der Waals surface area contributed by atoms with Crippen LogP contribution in [0.2, 0.25) is 0 Å². The van der Waals surface area contributed by atoms with Gasteiger partial charge in [0.25, 0.3) is 21.6 Å². The molecule has 286 valence electrons. The van der Waals surface area contributed by atoms with Crippen molar-refractivity contribution in [3.05, 3.63) is 154 Å². The highest BCUT2D eigenvalue weighted by molar-refractivity contribution is 7.90. The van der Waals surface area contributed by atoms with Gasteiger partial charge in [-0.2, -0.15) is 0 Å². The second-order valence-corrected chi connectivity index (χ2v) is 15.5. The van der Waals surface area contributed by atoms with Gasteiger partial charge in [0.15, 0.2) is 0 Å². The first-order valence-corrected chi connectivity index (χ1v) is 19.2. The SMILES string of the molecule is CC(C)(C)OC(=O)NC(Cc1ccc(OCc2ccc(-c3ccccc3)cc2)cc1)C(=O)NS(=O)(=O)c1ccc(NCCCc2ccccc2)c([N+](=O)[O-])c1. The van der Waals surface area contributed by atoms with Gasteiger partial charge in [0.2, 0.25) is 0 Å². The van der Waals surface area contributed by atoms with Crippen molar-refractivity contribution in [2.24, 2.45) is 0 Å². The van der Waals surface area contributed by atoms with Gasteiger partial charge in [0, 0.05) is 19.0 Å². The average Bonchev–Trinajstić information content (AvgIpc) is 3.16. The topological polar surface area (TPSA) is 166 Å². The van der Waals surface area contributed by atoms with Crippen molar-refractivity contribution in [3.63, 3.8) is 0 Å². The van der Waals surface area contributed by atoms with Crippen LogP contribution in [0.15, 0.2) is 132 Å². The molecule has 0 radical (unpaired) electrons. The highest BCUT2D eigenvalue weighted by Crippen LogP contribution is 2.28. The van der Waals surface area contributed by atoms with Crippen LogP contribution >= 0.6 is 0 Å². The van der Waals surface area contributed by atoms with E-state index in [4.69, 9.17) is 9.47 Å². The number of hydrogen-bond acceptors (Lipinski definition) is 9. The van der Waals surface area contributed by atoms with Crippen molar-refractivity contribution in [2.45, 2.75) is 63.2 Å². The highest BCUT2D eigenvalue weighted by atomic mass is 32.2. The summed E-state index contributed by atoms with van der Waals surface area (Å²) in [7, 11) is -4.60. The maximum absolute atomic E-state index is 13.5. The molecule has 5 aromatic carbocycles. The molecule has 0 fully saturated rings. The zero-order chi connectivity index (χ0) is 39.4. The Hall–Kier alpha value is -6.21. The Bertz CT molecular complexity index is 2170. The van der Waals surface area contributed by atoms with Gasteiger partial charge < -0.3 is 20.1 Å². The number of alkyl carbamates (subject to hydrolysis) is 1. The van der Waals surface area contributed by atoms with Gasteiger partial charge >= 0.3 is 6.09 Å². The summed E-state index contributed by atoms with van der Waals surface area (Å²) in [5.74, 6) is -0.494. The van der Waals surface area contributed by atoms with Gasteiger partial charge in [-0.15, -0.1) is 0 Å². The maximum atomic E-state index is 13.5. The maximum Gasteiger partial charge on any atom is 0.408 e. The summed E-state index contributed by atoms with van der Waals surface area (Å²) in [6.07, 6.45) is 0.402. The summed E-state index contributed by atoms with van der Waals surface area (Å²) < 4.78 is 40.1. The number of ether oxygens (including phenoxy) is 2. The van der Waals surface area contributed by atoms with E-state index < -0.39 is 49.2 Å². The first-order valence-electron chi connectivity index (χ1n) is 17.7. The second-order valence-electron chi connectivity index (χ2n) is 13.8. The predicted octanol–water partition coefficient (Wildman–Crippen LogP) is 7.83. The molecule has 0 aromatic heterocycles. The molecule has 12 nitrogen and oxygen atoms in total. The van der Waals surface area contributed by atoms with Crippen LogP contribution in [0.3, 0.4) is 0 Å². The summed E-state index contributed by atoms with van der Waals surface area (Å²) in [6, 6.07) is 36.7. The van der Waals surface area contributed by atoms with Gasteiger partial charge in [-0.05, 0) is 85.7 Å². The van der Waals surface area contributed by atoms with E-state index >= 15 is 0 Å². The minimum absolute atomic E-state index is 0.103. The van der Waals surface area contributed by atoms with E-state index in [-0.39, 0.29) is 12.1 Å². The van der Waals surface area contributed by atoms with Gasteiger partial charge in [-0.25, -0.2) is 17.9 Å². The Labute approximate surface area is 321 Å². The standard InChI is InChI=1S/C42H44N4O8S/c1-42(2,3)54-41(48)44-38(27-31-18-22-35(23-19-31)53-29-32-16-20-34(21-17-32)33-14-8-5-9-15-33)40(47)45-55(51,52)36-24-25-37(39(28-36)46(49)50)43-26-10-13-30-11-6-4-7-12-30/h4-9,11-12,14-25,28,38,43H,10,13,26-27,29H2,1-3H3,(H,44,48)(H,45,47). The molecule has 13 heteroatoms. The summed E-state index contributed by atoms with van der Waals surface area (Å²) in [4.78, 5) is 37.0. The number of nitrogens with one attached hydrogen (secondary N) is 3. The third kappa shape index (κ3) is 12.2. The molecular weight excluding hydrogens is 721 g/mol. The van der Waals surface area contributed by atoms with Crippen molar-refractivity contribution in [1.29, 1.82) is 0 Å². The number of nitro benzene ring substituents is 1. The molecule has 55 heavy (non-hydrogen) atoms. The highest BCUT2D eigenvalue weighted by Gasteiger charge is 2.30. The van der Waals surface area contributed by atoms with E-state index in [0.717, 1.165) is 34.7 Å². The fourth-order valence-electron chi connectivity index (χ4n) is 5.61. The number of rotatable bonds is 16. The molecule has 0 aliphatic rings. The largest absolute Gasteiger partial charge is 0.489 e. The molecule has 0 aliphatic carbocycles. The summed E-state index contributed by atoms with van der Waals surface area (Å²) >= 11 is 0. The van der Waals surface area contributed by atoms with Crippen molar-refractivity contribution in [2.75, 3.05) is 11.9 Å². The van der Waals surface area contributed by atoms with Crippen molar-refractivity contribution in [3.8, 4) is 16.9 Å². The molecule has 0 heterocycles. The lowest BCUT2D eigenvalue weighted by Gasteiger charge is -2.23. The van der Waals surface area contributed by atoms with Crippen LogP contribution in [0.1, 0.15) is 43.9 Å². The molecule has 5 rings (SSSR count). The van der Waals surface area contributed by atoms with E-state index in [9.17, 15) is 28.1 Å². The number of amides is 2. The average molecular weight is 765 g/mol. The summed E-state index contributed by atoms with van der Waals surface area (Å²) in [5, 5.41) is 17.4. The molecule has 1 atom stereocenters. The van der Waals surface area contributed by atoms with Gasteiger partial charge in [0.05, 0.1) is 9.82 Å². The Morgan fingerprint density at radius 2 is 1.40 bits per heavy atom. The van der Waals surface area contributed by atoms with Crippen LogP contribution < -0.4 is 20.1 Å². The molecule has 0 spiro atoms. The van der Waals surface area contributed by atoms with E-state index in [0.29, 0.717) is 30.9 Å². The fourth-order valence-corrected chi connectivity index (χ4v) is 6.65. The van der Waals surface area contributed by atoms with Crippen LogP contribution in [0.5, 0.6) is 5.75 Å². The number of nitro groups is 1. The van der Waals surface area contributed by atoms with Crippen molar-refractivity contribution < 1.29 is 32.4 Å². The van der Waals surface area contributed by atoms with Gasteiger partial charge in [0.1, 0.15) is 29.7 Å². The predicted molar refractivity (Wildman–Crippen MR) is 211 cm³/mol. The van der Waals surface area contributed by atoms with Gasteiger partial charge in [-0.3, -0.25) is 14.9 Å². The van der Waals surface area contributed by atoms with Crippen LogP contribution in [0.25, 0.3) is 11.1 Å². The Morgan fingerprint density at radius 1 is 0.782 bits per heavy atom. The number of hydrogen-bond donors (Lipinski definition) is 3. The molecule has 0 bridgehead atoms. The first-order chi connectivity index (χ1) is 26.3. The molecule has 1 unspecified atom stereocenters. The third-order valence-corrected chi connectivity index (χ3v) is 9.69. The van der Waals surface area contributed by atoms with Crippen LogP contribution in [0, 0.1) is 10.1 Å². The summed E-state index contributed by atoms with van der Waals surface area (Å²) in [6.45, 7) is 5.68. The molecule has 0 saturated heterocycles. The number of sulfonamides is 1. The number of carbonyl (C=O) groups excluding carboxylic acids is 2. The monoisotopic (exact) mass is 764 g/mol. The van der Waals surface area contributed by atoms with E-state index in [2.05, 4.69) is 10.6 Å². The first kappa shape index (κ1) is 40.0. The van der Waals surface area contributed by atoms with E-state index in [1.54, 1.807) is 45.0 Å². The quantitative estimate of drug-likeness (QED) is 0.0516. The zero-order valence-corrected chi connectivity index (χ0v) is 31.7.